The number of aromatic carboxylic acids is 1. The lowest BCUT2D eigenvalue weighted by Crippen LogP contribution is -2.20. The molecule has 1 amide bonds. The van der Waals surface area contributed by atoms with Crippen molar-refractivity contribution in [3.8, 4) is 11.5 Å². The van der Waals surface area contributed by atoms with Gasteiger partial charge in [-0.15, -0.1) is 0 Å². The number of nitro benzene ring substituents is 1. The maximum Gasteiger partial charge on any atom is 0.335 e. The van der Waals surface area contributed by atoms with Crippen molar-refractivity contribution in [2.45, 2.75) is 13.0 Å². The van der Waals surface area contributed by atoms with Crippen molar-refractivity contribution in [2.24, 2.45) is 5.10 Å². The average molecular weight is 542 g/mol. The van der Waals surface area contributed by atoms with Gasteiger partial charge in [-0.25, -0.2) is 10.2 Å². The maximum atomic E-state index is 12.2. The molecule has 0 atom stereocenters. The van der Waals surface area contributed by atoms with Gasteiger partial charge in [-0.05, 0) is 51.3 Å². The smallest absolute Gasteiger partial charge is 0.335 e. The molecule has 0 fully saturated rings. The second-order valence-electron chi connectivity index (χ2n) is 7.18. The van der Waals surface area contributed by atoms with Gasteiger partial charge < -0.3 is 14.6 Å². The van der Waals surface area contributed by atoms with Crippen molar-refractivity contribution in [3.05, 3.63) is 97.5 Å². The summed E-state index contributed by atoms with van der Waals surface area (Å²) in [4.78, 5) is 33.7. The van der Waals surface area contributed by atoms with Crippen molar-refractivity contribution in [1.29, 1.82) is 0 Å². The van der Waals surface area contributed by atoms with Crippen LogP contribution in [0.25, 0.3) is 0 Å². The van der Waals surface area contributed by atoms with Gasteiger partial charge >= 0.3 is 5.97 Å². The Bertz CT molecular complexity index is 1280. The normalized spacial score (nSPS) is 10.7. The summed E-state index contributed by atoms with van der Waals surface area (Å²) in [5, 5.41) is 24.0. The van der Waals surface area contributed by atoms with Crippen LogP contribution in [-0.4, -0.2) is 35.2 Å². The Morgan fingerprint density at radius 1 is 1.17 bits per heavy atom. The molecule has 3 aromatic rings. The van der Waals surface area contributed by atoms with Gasteiger partial charge in [0.2, 0.25) is 5.91 Å². The predicted octanol–water partition coefficient (Wildman–Crippen LogP) is 4.34. The lowest BCUT2D eigenvalue weighted by molar-refractivity contribution is -0.385. The maximum absolute atomic E-state index is 12.2. The third kappa shape index (κ3) is 6.87. The molecular formula is C24H20BrN3O7. The number of hydrogen-bond donors (Lipinski definition) is 2. The number of benzene rings is 3. The van der Waals surface area contributed by atoms with E-state index in [1.807, 2.05) is 0 Å². The fraction of sp³-hybridized carbons (Fsp3) is 0.125. The fourth-order valence-corrected chi connectivity index (χ4v) is 3.66. The summed E-state index contributed by atoms with van der Waals surface area (Å²) in [7, 11) is 1.48. The Balaban J connectivity index is 1.64. The molecule has 0 aliphatic heterocycles. The summed E-state index contributed by atoms with van der Waals surface area (Å²) in [6.07, 6.45) is 1.21. The number of nitrogens with one attached hydrogen (secondary N) is 1. The van der Waals surface area contributed by atoms with Crippen molar-refractivity contribution >= 4 is 39.7 Å². The number of methoxy groups -OCH3 is 1. The number of carbonyl (C=O) groups excluding carboxylic acids is 1. The number of amides is 1. The molecule has 0 saturated carbocycles. The highest BCUT2D eigenvalue weighted by atomic mass is 79.9. The number of para-hydroxylation sites is 1. The quantitative estimate of drug-likeness (QED) is 0.221. The highest BCUT2D eigenvalue weighted by molar-refractivity contribution is 9.10. The molecule has 2 N–H and O–H groups in total. The van der Waals surface area contributed by atoms with E-state index in [4.69, 9.17) is 14.6 Å². The lowest BCUT2D eigenvalue weighted by Gasteiger charge is -2.13. The Kier molecular flexibility index (Phi) is 8.52. The van der Waals surface area contributed by atoms with E-state index in [2.05, 4.69) is 26.5 Å². The van der Waals surface area contributed by atoms with Gasteiger partial charge in [-0.1, -0.05) is 30.3 Å². The largest absolute Gasteiger partial charge is 0.493 e. The van der Waals surface area contributed by atoms with E-state index >= 15 is 0 Å². The van der Waals surface area contributed by atoms with Gasteiger partial charge in [0.15, 0.2) is 11.5 Å². The zero-order chi connectivity index (χ0) is 25.4. The van der Waals surface area contributed by atoms with Crippen molar-refractivity contribution < 1.29 is 29.1 Å². The number of carboxylic acids is 1. The first-order chi connectivity index (χ1) is 16.8. The van der Waals surface area contributed by atoms with E-state index < -0.39 is 16.8 Å². The van der Waals surface area contributed by atoms with Crippen LogP contribution in [0.2, 0.25) is 0 Å². The number of nitrogens with zero attached hydrogens (tertiary/aromatic N) is 2. The SMILES string of the molecule is COc1cc(/C=N/NC(=O)Cc2ccccc2[N+](=O)[O-])cc(Br)c1OCc1ccc(C(=O)O)cc1. The third-order valence-electron chi connectivity index (χ3n) is 4.78. The van der Waals surface area contributed by atoms with Gasteiger partial charge in [0.1, 0.15) is 6.61 Å². The molecule has 3 aromatic carbocycles. The van der Waals surface area contributed by atoms with Crippen LogP contribution >= 0.6 is 15.9 Å². The molecular weight excluding hydrogens is 522 g/mol. The summed E-state index contributed by atoms with van der Waals surface area (Å²) >= 11 is 3.43. The molecule has 10 nitrogen and oxygen atoms in total. The topological polar surface area (TPSA) is 140 Å². The number of halogens is 1. The average Bonchev–Trinajstić information content (AvgIpc) is 2.83. The van der Waals surface area contributed by atoms with E-state index in [1.54, 1.807) is 30.3 Å². The molecule has 0 aliphatic rings. The predicted molar refractivity (Wildman–Crippen MR) is 131 cm³/mol. The molecule has 0 radical (unpaired) electrons. The van der Waals surface area contributed by atoms with Crippen molar-refractivity contribution in [3.63, 3.8) is 0 Å². The number of carbonyl (C=O) groups is 2. The van der Waals surface area contributed by atoms with E-state index in [9.17, 15) is 19.7 Å². The van der Waals surface area contributed by atoms with Crippen LogP contribution < -0.4 is 14.9 Å². The van der Waals surface area contributed by atoms with Gasteiger partial charge in [-0.3, -0.25) is 14.9 Å². The van der Waals surface area contributed by atoms with Crippen LogP contribution in [0.4, 0.5) is 5.69 Å². The minimum Gasteiger partial charge on any atom is -0.493 e. The fourth-order valence-electron chi connectivity index (χ4n) is 3.08. The van der Waals surface area contributed by atoms with Gasteiger partial charge in [0.25, 0.3) is 5.69 Å². The van der Waals surface area contributed by atoms with Crippen molar-refractivity contribution in [2.75, 3.05) is 7.11 Å². The lowest BCUT2D eigenvalue weighted by atomic mass is 10.1. The summed E-state index contributed by atoms with van der Waals surface area (Å²) in [5.74, 6) is -0.659. The number of rotatable bonds is 10. The Hall–Kier alpha value is -4.25. The van der Waals surface area contributed by atoms with E-state index in [0.717, 1.165) is 5.56 Å². The molecule has 180 valence electrons. The minimum absolute atomic E-state index is 0.131. The number of ether oxygens (including phenoxy) is 2. The van der Waals surface area contributed by atoms with E-state index in [-0.39, 0.29) is 29.8 Å². The number of hydrazone groups is 1. The summed E-state index contributed by atoms with van der Waals surface area (Å²) in [5.41, 5.74) is 4.06. The minimum atomic E-state index is -1.00. The first-order valence-corrected chi connectivity index (χ1v) is 10.9. The molecule has 35 heavy (non-hydrogen) atoms. The van der Waals surface area contributed by atoms with Crippen molar-refractivity contribution in [1.82, 2.24) is 5.43 Å². The summed E-state index contributed by atoms with van der Waals surface area (Å²) in [6, 6.07) is 15.7. The van der Waals surface area contributed by atoms with E-state index in [1.165, 1.54) is 43.7 Å². The molecule has 0 bridgehead atoms. The summed E-state index contributed by atoms with van der Waals surface area (Å²) < 4.78 is 11.8. The molecule has 0 spiro atoms. The first-order valence-electron chi connectivity index (χ1n) is 10.1. The monoisotopic (exact) mass is 541 g/mol. The molecule has 0 unspecified atom stereocenters. The van der Waals surface area contributed by atoms with Gasteiger partial charge in [0.05, 0.1) is 34.7 Å². The van der Waals surface area contributed by atoms with Crippen LogP contribution in [0, 0.1) is 10.1 Å². The van der Waals surface area contributed by atoms with Gasteiger partial charge in [-0.2, -0.15) is 5.10 Å². The number of nitro groups is 1. The standard InChI is InChI=1S/C24H20BrN3O7/c1-34-21-11-16(13-26-27-22(29)12-18-4-2-3-5-20(18)28(32)33)10-19(25)23(21)35-14-15-6-8-17(9-7-15)24(30)31/h2-11,13H,12,14H2,1H3,(H,27,29)(H,30,31)/b26-13+. The van der Waals surface area contributed by atoms with Crippen LogP contribution in [0.1, 0.15) is 27.0 Å². The summed E-state index contributed by atoms with van der Waals surface area (Å²) in [6.45, 7) is 0.184. The molecule has 0 aliphatic carbocycles. The zero-order valence-electron chi connectivity index (χ0n) is 18.4. The molecule has 0 saturated heterocycles. The van der Waals surface area contributed by atoms with Crippen LogP contribution in [0.5, 0.6) is 11.5 Å². The van der Waals surface area contributed by atoms with E-state index in [0.29, 0.717) is 21.5 Å². The highest BCUT2D eigenvalue weighted by Gasteiger charge is 2.15. The molecule has 3 rings (SSSR count). The van der Waals surface area contributed by atoms with Crippen LogP contribution in [-0.2, 0) is 17.8 Å². The molecule has 11 heteroatoms. The first kappa shape index (κ1) is 25.4. The second kappa shape index (κ2) is 11.7. The Labute approximate surface area is 208 Å². The van der Waals surface area contributed by atoms with Crippen LogP contribution in [0.15, 0.2) is 70.2 Å². The molecule has 0 aromatic heterocycles. The van der Waals surface area contributed by atoms with Gasteiger partial charge in [0, 0.05) is 11.6 Å². The highest BCUT2D eigenvalue weighted by Crippen LogP contribution is 2.36. The number of hydrogen-bond acceptors (Lipinski definition) is 7. The Morgan fingerprint density at radius 3 is 2.54 bits per heavy atom. The Morgan fingerprint density at radius 2 is 1.89 bits per heavy atom. The number of carboxylic acid groups (broad SMARTS) is 1. The van der Waals surface area contributed by atoms with Crippen LogP contribution in [0.3, 0.4) is 0 Å². The second-order valence-corrected chi connectivity index (χ2v) is 8.03. The molecule has 0 heterocycles. The zero-order valence-corrected chi connectivity index (χ0v) is 20.0. The third-order valence-corrected chi connectivity index (χ3v) is 5.37.